The third-order valence-corrected chi connectivity index (χ3v) is 4.32. The lowest BCUT2D eigenvalue weighted by Gasteiger charge is -2.26. The Hall–Kier alpha value is -3.41. The number of nitrogens with one attached hydrogen (secondary N) is 3. The number of fused-ring (bicyclic) bond motifs is 1. The Kier molecular flexibility index (Phi) is 5.55. The van der Waals surface area contributed by atoms with Gasteiger partial charge in [-0.15, -0.1) is 0 Å². The standard InChI is InChI=1S/C17H15F3N4O5/c1-29-3-2-24-14-12(16(27)23-17(24)28)8(6-11(25)22-14)15(26)21-7-4-9(18)13(20)10(19)5-7/h4-5,8H,2-3,6H2,1H3,(H,21,26)(H,22,25)(H,23,27,28)/t8-/m0/s1. The zero-order valence-electron chi connectivity index (χ0n) is 15.0. The minimum absolute atomic E-state index is 0.0164. The molecule has 1 aliphatic rings. The number of amides is 2. The van der Waals surface area contributed by atoms with E-state index >= 15 is 0 Å². The van der Waals surface area contributed by atoms with E-state index in [4.69, 9.17) is 4.74 Å². The van der Waals surface area contributed by atoms with Crippen LogP contribution in [-0.4, -0.2) is 35.1 Å². The smallest absolute Gasteiger partial charge is 0.330 e. The number of halogens is 3. The van der Waals surface area contributed by atoms with Gasteiger partial charge in [0.1, 0.15) is 5.82 Å². The number of rotatable bonds is 5. The zero-order chi connectivity index (χ0) is 21.3. The molecule has 0 unspecified atom stereocenters. The number of hydrogen-bond acceptors (Lipinski definition) is 5. The number of hydrogen-bond donors (Lipinski definition) is 3. The third-order valence-electron chi connectivity index (χ3n) is 4.32. The van der Waals surface area contributed by atoms with E-state index in [1.807, 2.05) is 0 Å². The maximum absolute atomic E-state index is 13.4. The van der Waals surface area contributed by atoms with Gasteiger partial charge in [-0.25, -0.2) is 18.0 Å². The Bertz CT molecular complexity index is 1090. The first kappa shape index (κ1) is 20.3. The van der Waals surface area contributed by atoms with Gasteiger partial charge in [-0.1, -0.05) is 0 Å². The van der Waals surface area contributed by atoms with E-state index < -0.39 is 58.5 Å². The highest BCUT2D eigenvalue weighted by molar-refractivity contribution is 6.04. The van der Waals surface area contributed by atoms with Gasteiger partial charge in [0.15, 0.2) is 17.5 Å². The number of H-pyrrole nitrogens is 1. The monoisotopic (exact) mass is 412 g/mol. The number of nitrogens with zero attached hydrogens (tertiary/aromatic N) is 1. The van der Waals surface area contributed by atoms with Crippen LogP contribution in [0.4, 0.5) is 24.7 Å². The lowest BCUT2D eigenvalue weighted by molar-refractivity contribution is -0.123. The van der Waals surface area contributed by atoms with E-state index in [2.05, 4.69) is 15.6 Å². The Labute approximate surface area is 160 Å². The van der Waals surface area contributed by atoms with Crippen LogP contribution in [0.15, 0.2) is 21.7 Å². The van der Waals surface area contributed by atoms with E-state index in [-0.39, 0.29) is 24.5 Å². The summed E-state index contributed by atoms with van der Waals surface area (Å²) in [6, 6.07) is 1.12. The summed E-state index contributed by atoms with van der Waals surface area (Å²) in [5.74, 6) is -7.85. The maximum Gasteiger partial charge on any atom is 0.330 e. The second kappa shape index (κ2) is 7.91. The molecule has 1 aromatic heterocycles. The normalized spacial score (nSPS) is 15.6. The minimum atomic E-state index is -1.70. The first-order valence-electron chi connectivity index (χ1n) is 8.34. The number of carbonyl (C=O) groups excluding carboxylic acids is 2. The molecular weight excluding hydrogens is 397 g/mol. The van der Waals surface area contributed by atoms with Crippen molar-refractivity contribution in [2.45, 2.75) is 18.9 Å². The zero-order valence-corrected chi connectivity index (χ0v) is 15.0. The first-order chi connectivity index (χ1) is 13.7. The predicted molar refractivity (Wildman–Crippen MR) is 94.1 cm³/mol. The highest BCUT2D eigenvalue weighted by Gasteiger charge is 2.35. The van der Waals surface area contributed by atoms with Crippen molar-refractivity contribution in [3.63, 3.8) is 0 Å². The van der Waals surface area contributed by atoms with Crippen LogP contribution in [-0.2, 0) is 20.9 Å². The van der Waals surface area contributed by atoms with Crippen LogP contribution in [0.2, 0.25) is 0 Å². The third kappa shape index (κ3) is 3.92. The van der Waals surface area contributed by atoms with Gasteiger partial charge in [-0.3, -0.25) is 23.9 Å². The molecule has 0 radical (unpaired) electrons. The number of benzene rings is 1. The van der Waals surface area contributed by atoms with Crippen LogP contribution in [0.25, 0.3) is 0 Å². The van der Waals surface area contributed by atoms with E-state index in [0.717, 1.165) is 4.57 Å². The SMILES string of the molecule is COCCn1c2c(c(=O)[nH]c1=O)[C@@H](C(=O)Nc1cc(F)c(F)c(F)c1)CC(=O)N2. The van der Waals surface area contributed by atoms with E-state index in [9.17, 15) is 32.3 Å². The molecule has 29 heavy (non-hydrogen) atoms. The van der Waals surface area contributed by atoms with Crippen molar-refractivity contribution in [2.24, 2.45) is 0 Å². The lowest BCUT2D eigenvalue weighted by atomic mass is 9.92. The number of methoxy groups -OCH3 is 1. The van der Waals surface area contributed by atoms with E-state index in [0.29, 0.717) is 12.1 Å². The molecule has 2 amide bonds. The molecule has 0 saturated carbocycles. The van der Waals surface area contributed by atoms with Crippen LogP contribution in [0.3, 0.4) is 0 Å². The second-order valence-electron chi connectivity index (χ2n) is 6.21. The number of anilines is 2. The fourth-order valence-corrected chi connectivity index (χ4v) is 2.99. The van der Waals surface area contributed by atoms with Crippen LogP contribution in [0.5, 0.6) is 0 Å². The van der Waals surface area contributed by atoms with E-state index in [1.165, 1.54) is 7.11 Å². The minimum Gasteiger partial charge on any atom is -0.383 e. The molecule has 3 rings (SSSR count). The van der Waals surface area contributed by atoms with Crippen molar-refractivity contribution < 1.29 is 27.5 Å². The Morgan fingerprint density at radius 3 is 2.52 bits per heavy atom. The van der Waals surface area contributed by atoms with Crippen LogP contribution >= 0.6 is 0 Å². The molecular formula is C17H15F3N4O5. The number of carbonyl (C=O) groups is 2. The summed E-state index contributed by atoms with van der Waals surface area (Å²) >= 11 is 0. The van der Waals surface area contributed by atoms with Crippen LogP contribution in [0.1, 0.15) is 17.9 Å². The van der Waals surface area contributed by atoms with Crippen molar-refractivity contribution in [1.29, 1.82) is 0 Å². The summed E-state index contributed by atoms with van der Waals surface area (Å²) in [4.78, 5) is 51.2. The van der Waals surface area contributed by atoms with Crippen molar-refractivity contribution in [3.05, 3.63) is 56.0 Å². The molecule has 2 aromatic rings. The van der Waals surface area contributed by atoms with Crippen molar-refractivity contribution in [2.75, 3.05) is 24.4 Å². The van der Waals surface area contributed by atoms with Crippen LogP contribution < -0.4 is 21.9 Å². The average Bonchev–Trinajstić information content (AvgIpc) is 2.65. The Morgan fingerprint density at radius 2 is 1.90 bits per heavy atom. The number of ether oxygens (including phenoxy) is 1. The average molecular weight is 412 g/mol. The van der Waals surface area contributed by atoms with Gasteiger partial charge >= 0.3 is 5.69 Å². The topological polar surface area (TPSA) is 122 Å². The maximum atomic E-state index is 13.4. The van der Waals surface area contributed by atoms with E-state index in [1.54, 1.807) is 0 Å². The second-order valence-corrected chi connectivity index (χ2v) is 6.21. The summed E-state index contributed by atoms with van der Waals surface area (Å²) < 4.78 is 45.8. The number of aromatic nitrogens is 2. The lowest BCUT2D eigenvalue weighted by Crippen LogP contribution is -2.43. The van der Waals surface area contributed by atoms with Gasteiger partial charge in [0.2, 0.25) is 11.8 Å². The quantitative estimate of drug-likeness (QED) is 0.623. The number of aromatic amines is 1. The van der Waals surface area contributed by atoms with Gasteiger partial charge in [-0.05, 0) is 0 Å². The molecule has 0 fully saturated rings. The molecule has 1 atom stereocenters. The van der Waals surface area contributed by atoms with Crippen molar-refractivity contribution in [3.8, 4) is 0 Å². The highest BCUT2D eigenvalue weighted by atomic mass is 19.2. The largest absolute Gasteiger partial charge is 0.383 e. The Balaban J connectivity index is 2.02. The fraction of sp³-hybridized carbons (Fsp3) is 0.294. The van der Waals surface area contributed by atoms with Gasteiger partial charge < -0.3 is 15.4 Å². The first-order valence-corrected chi connectivity index (χ1v) is 8.34. The fourth-order valence-electron chi connectivity index (χ4n) is 2.99. The summed E-state index contributed by atoms with van der Waals surface area (Å²) in [6.45, 7) is 0.0662. The molecule has 0 saturated heterocycles. The van der Waals surface area contributed by atoms with Gasteiger partial charge in [0, 0.05) is 31.4 Å². The molecule has 3 N–H and O–H groups in total. The summed E-state index contributed by atoms with van der Waals surface area (Å²) in [6.07, 6.45) is -0.448. The van der Waals surface area contributed by atoms with Gasteiger partial charge in [0.25, 0.3) is 5.56 Å². The molecule has 12 heteroatoms. The van der Waals surface area contributed by atoms with Crippen molar-refractivity contribution in [1.82, 2.24) is 9.55 Å². The highest BCUT2D eigenvalue weighted by Crippen LogP contribution is 2.30. The summed E-state index contributed by atoms with van der Waals surface area (Å²) in [5.41, 5.74) is -2.30. The molecule has 2 heterocycles. The van der Waals surface area contributed by atoms with Gasteiger partial charge in [0.05, 0.1) is 24.6 Å². The molecule has 9 nitrogen and oxygen atoms in total. The molecule has 1 aliphatic heterocycles. The molecule has 0 spiro atoms. The molecule has 154 valence electrons. The molecule has 0 aliphatic carbocycles. The Morgan fingerprint density at radius 1 is 1.24 bits per heavy atom. The van der Waals surface area contributed by atoms with Crippen LogP contribution in [0, 0.1) is 17.5 Å². The van der Waals surface area contributed by atoms with Crippen molar-refractivity contribution >= 4 is 23.3 Å². The van der Waals surface area contributed by atoms with Gasteiger partial charge in [-0.2, -0.15) is 0 Å². The molecule has 1 aromatic carbocycles. The summed E-state index contributed by atoms with van der Waals surface area (Å²) in [7, 11) is 1.39. The summed E-state index contributed by atoms with van der Waals surface area (Å²) in [5, 5.41) is 4.55. The molecule has 0 bridgehead atoms. The predicted octanol–water partition coefficient (Wildman–Crippen LogP) is 0.665.